The van der Waals surface area contributed by atoms with Crippen molar-refractivity contribution in [1.82, 2.24) is 20.0 Å². The number of aromatic nitrogens is 2. The van der Waals surface area contributed by atoms with Gasteiger partial charge in [-0.3, -0.25) is 9.69 Å². The van der Waals surface area contributed by atoms with E-state index in [0.717, 1.165) is 38.2 Å². The minimum Gasteiger partial charge on any atom is -0.352 e. The number of nitrogens with zero attached hydrogens (tertiary/aromatic N) is 3. The van der Waals surface area contributed by atoms with E-state index in [4.69, 9.17) is 0 Å². The van der Waals surface area contributed by atoms with E-state index < -0.39 is 0 Å². The molecule has 150 valence electrons. The fourth-order valence-corrected chi connectivity index (χ4v) is 3.88. The molecule has 5 nitrogen and oxygen atoms in total. The van der Waals surface area contributed by atoms with E-state index in [9.17, 15) is 9.18 Å². The Labute approximate surface area is 170 Å². The first-order chi connectivity index (χ1) is 14.2. The highest BCUT2D eigenvalue weighted by molar-refractivity contribution is 5.94. The van der Waals surface area contributed by atoms with E-state index in [2.05, 4.69) is 39.6 Å². The average Bonchev–Trinajstić information content (AvgIpc) is 3.28. The van der Waals surface area contributed by atoms with Crippen molar-refractivity contribution < 1.29 is 9.18 Å². The average molecular weight is 392 g/mol. The molecule has 0 aliphatic carbocycles. The van der Waals surface area contributed by atoms with Crippen LogP contribution in [0.1, 0.15) is 28.8 Å². The first kappa shape index (κ1) is 19.3. The molecular weight excluding hydrogens is 367 g/mol. The number of carbonyl (C=O) groups excluding carboxylic acids is 1. The number of nitrogens with one attached hydrogen (secondary N) is 1. The third-order valence-electron chi connectivity index (χ3n) is 5.35. The molecule has 1 atom stereocenters. The standard InChI is InChI=1S/C23H25FN4O/c24-21-9-7-20(8-10-21)23(29)25-15-19-5-2-12-27(17-19)16-18-4-1-6-22(14-18)28-13-3-11-26-28/h1,3-4,6-11,13-14,19H,2,5,12,15-17H2,(H,25,29)/t19-/m0/s1. The van der Waals surface area contributed by atoms with Gasteiger partial charge in [-0.15, -0.1) is 0 Å². The number of carbonyl (C=O) groups is 1. The van der Waals surface area contributed by atoms with Gasteiger partial charge in [0.25, 0.3) is 5.91 Å². The molecule has 0 bridgehead atoms. The van der Waals surface area contributed by atoms with Gasteiger partial charge in [0.2, 0.25) is 0 Å². The van der Waals surface area contributed by atoms with E-state index in [1.807, 2.05) is 16.9 Å². The van der Waals surface area contributed by atoms with Gasteiger partial charge in [-0.1, -0.05) is 12.1 Å². The quantitative estimate of drug-likeness (QED) is 0.697. The Morgan fingerprint density at radius 1 is 1.17 bits per heavy atom. The first-order valence-corrected chi connectivity index (χ1v) is 10.0. The maximum atomic E-state index is 13.0. The van der Waals surface area contributed by atoms with Gasteiger partial charge in [-0.25, -0.2) is 9.07 Å². The van der Waals surface area contributed by atoms with Crippen molar-refractivity contribution in [2.75, 3.05) is 19.6 Å². The molecule has 1 saturated heterocycles. The topological polar surface area (TPSA) is 50.2 Å². The smallest absolute Gasteiger partial charge is 0.251 e. The van der Waals surface area contributed by atoms with Crippen molar-refractivity contribution >= 4 is 5.91 Å². The highest BCUT2D eigenvalue weighted by Gasteiger charge is 2.21. The molecule has 6 heteroatoms. The highest BCUT2D eigenvalue weighted by atomic mass is 19.1. The fourth-order valence-electron chi connectivity index (χ4n) is 3.88. The fraction of sp³-hybridized carbons (Fsp3) is 0.304. The van der Waals surface area contributed by atoms with E-state index in [1.54, 1.807) is 6.20 Å². The Balaban J connectivity index is 1.31. The molecule has 3 aromatic rings. The molecule has 4 rings (SSSR count). The normalized spacial score (nSPS) is 17.2. The molecule has 2 heterocycles. The van der Waals surface area contributed by atoms with Gasteiger partial charge in [-0.05, 0) is 73.3 Å². The van der Waals surface area contributed by atoms with E-state index >= 15 is 0 Å². The van der Waals surface area contributed by atoms with Crippen LogP contribution in [0.4, 0.5) is 4.39 Å². The monoisotopic (exact) mass is 392 g/mol. The van der Waals surface area contributed by atoms with Crippen LogP contribution >= 0.6 is 0 Å². The van der Waals surface area contributed by atoms with Crippen LogP contribution in [0.3, 0.4) is 0 Å². The first-order valence-electron chi connectivity index (χ1n) is 10.0. The predicted octanol–water partition coefficient (Wildman–Crippen LogP) is 3.65. The lowest BCUT2D eigenvalue weighted by Crippen LogP contribution is -2.40. The van der Waals surface area contributed by atoms with Gasteiger partial charge >= 0.3 is 0 Å². The molecule has 1 aromatic heterocycles. The molecule has 0 spiro atoms. The second kappa shape index (κ2) is 9.01. The SMILES string of the molecule is O=C(NC[C@@H]1CCCN(Cc2cccc(-n3cccn3)c2)C1)c1ccc(F)cc1. The van der Waals surface area contributed by atoms with Crippen molar-refractivity contribution in [3.63, 3.8) is 0 Å². The van der Waals surface area contributed by atoms with Crippen LogP contribution in [0.15, 0.2) is 67.0 Å². The lowest BCUT2D eigenvalue weighted by atomic mass is 9.97. The largest absolute Gasteiger partial charge is 0.352 e. The maximum absolute atomic E-state index is 13.0. The highest BCUT2D eigenvalue weighted by Crippen LogP contribution is 2.19. The molecule has 1 aliphatic rings. The van der Waals surface area contributed by atoms with Crippen LogP contribution in [0.5, 0.6) is 0 Å². The van der Waals surface area contributed by atoms with Crippen molar-refractivity contribution in [2.24, 2.45) is 5.92 Å². The summed E-state index contributed by atoms with van der Waals surface area (Å²) in [4.78, 5) is 14.7. The summed E-state index contributed by atoms with van der Waals surface area (Å²) in [6, 6.07) is 16.0. The Hall–Kier alpha value is -2.99. The summed E-state index contributed by atoms with van der Waals surface area (Å²) in [7, 11) is 0. The molecule has 1 amide bonds. The third-order valence-corrected chi connectivity index (χ3v) is 5.35. The summed E-state index contributed by atoms with van der Waals surface area (Å²) in [5.41, 5.74) is 2.82. The molecule has 1 N–H and O–H groups in total. The van der Waals surface area contributed by atoms with E-state index in [0.29, 0.717) is 18.0 Å². The summed E-state index contributed by atoms with van der Waals surface area (Å²) in [5.74, 6) is -0.0578. The molecule has 1 fully saturated rings. The van der Waals surface area contributed by atoms with E-state index in [1.165, 1.54) is 29.8 Å². The van der Waals surface area contributed by atoms with E-state index in [-0.39, 0.29) is 11.7 Å². The van der Waals surface area contributed by atoms with Gasteiger partial charge in [-0.2, -0.15) is 5.10 Å². The predicted molar refractivity (Wildman–Crippen MR) is 110 cm³/mol. The summed E-state index contributed by atoms with van der Waals surface area (Å²) in [6.07, 6.45) is 5.95. The minimum absolute atomic E-state index is 0.144. The van der Waals surface area contributed by atoms with Crippen molar-refractivity contribution in [3.8, 4) is 5.69 Å². The second-order valence-corrected chi connectivity index (χ2v) is 7.58. The summed E-state index contributed by atoms with van der Waals surface area (Å²) >= 11 is 0. The number of rotatable bonds is 6. The summed E-state index contributed by atoms with van der Waals surface area (Å²) < 4.78 is 14.9. The van der Waals surface area contributed by atoms with Gasteiger partial charge in [0.1, 0.15) is 5.82 Å². The lowest BCUT2D eigenvalue weighted by Gasteiger charge is -2.33. The number of hydrogen-bond acceptors (Lipinski definition) is 3. The van der Waals surface area contributed by atoms with Crippen molar-refractivity contribution in [2.45, 2.75) is 19.4 Å². The molecule has 0 saturated carbocycles. The van der Waals surface area contributed by atoms with Crippen LogP contribution in [0.2, 0.25) is 0 Å². The zero-order valence-electron chi connectivity index (χ0n) is 16.3. The van der Waals surface area contributed by atoms with Crippen LogP contribution in [-0.4, -0.2) is 40.2 Å². The van der Waals surface area contributed by atoms with Crippen LogP contribution in [0, 0.1) is 11.7 Å². The minimum atomic E-state index is -0.332. The number of hydrogen-bond donors (Lipinski definition) is 1. The molecular formula is C23H25FN4O. The Bertz CT molecular complexity index is 940. The Morgan fingerprint density at radius 3 is 2.83 bits per heavy atom. The van der Waals surface area contributed by atoms with Gasteiger partial charge in [0.05, 0.1) is 5.69 Å². The molecule has 2 aromatic carbocycles. The number of piperidine rings is 1. The molecule has 0 unspecified atom stereocenters. The van der Waals surface area contributed by atoms with Gasteiger partial charge in [0.15, 0.2) is 0 Å². The molecule has 29 heavy (non-hydrogen) atoms. The molecule has 1 aliphatic heterocycles. The Morgan fingerprint density at radius 2 is 2.03 bits per heavy atom. The van der Waals surface area contributed by atoms with Crippen molar-refractivity contribution in [1.29, 1.82) is 0 Å². The van der Waals surface area contributed by atoms with Gasteiger partial charge in [0, 0.05) is 37.6 Å². The number of likely N-dealkylation sites (tertiary alicyclic amines) is 1. The summed E-state index contributed by atoms with van der Waals surface area (Å²) in [6.45, 7) is 3.54. The number of amides is 1. The van der Waals surface area contributed by atoms with Crippen molar-refractivity contribution in [3.05, 3.63) is 83.9 Å². The summed E-state index contributed by atoms with van der Waals surface area (Å²) in [5, 5.41) is 7.30. The third kappa shape index (κ3) is 5.09. The zero-order chi connectivity index (χ0) is 20.1. The van der Waals surface area contributed by atoms with Gasteiger partial charge < -0.3 is 5.32 Å². The second-order valence-electron chi connectivity index (χ2n) is 7.58. The van der Waals surface area contributed by atoms with Crippen LogP contribution < -0.4 is 5.32 Å². The number of benzene rings is 2. The Kier molecular flexibility index (Phi) is 6.00. The zero-order valence-corrected chi connectivity index (χ0v) is 16.3. The lowest BCUT2D eigenvalue weighted by molar-refractivity contribution is 0.0930. The van der Waals surface area contributed by atoms with Crippen LogP contribution in [0.25, 0.3) is 5.69 Å². The molecule has 0 radical (unpaired) electrons. The number of halogens is 1. The maximum Gasteiger partial charge on any atom is 0.251 e. The van der Waals surface area contributed by atoms with Crippen LogP contribution in [-0.2, 0) is 6.54 Å².